The van der Waals surface area contributed by atoms with Crippen LogP contribution in [-0.2, 0) is 19.1 Å². The molecule has 0 aliphatic heterocycles. The molecule has 4 nitrogen and oxygen atoms in total. The fraction of sp³-hybridized carbons (Fsp3) is 0.875. The van der Waals surface area contributed by atoms with Crippen molar-refractivity contribution in [3.8, 4) is 0 Å². The molecule has 0 amide bonds. The van der Waals surface area contributed by atoms with Crippen molar-refractivity contribution >= 4 is 24.6 Å². The van der Waals surface area contributed by atoms with Crippen LogP contribution in [0, 0.1) is 11.8 Å². The lowest BCUT2D eigenvalue weighted by molar-refractivity contribution is -0.166. The van der Waals surface area contributed by atoms with Gasteiger partial charge in [-0.05, 0) is 60.8 Å². The maximum Gasteiger partial charge on any atom is 0.309 e. The molecule has 0 radical (unpaired) electrons. The van der Waals surface area contributed by atoms with E-state index in [1.54, 1.807) is 0 Å². The molecule has 0 aromatic carbocycles. The monoisotopic (exact) mass is 316 g/mol. The summed E-state index contributed by atoms with van der Waals surface area (Å²) in [7, 11) is 0. The van der Waals surface area contributed by atoms with Gasteiger partial charge in [0.15, 0.2) is 0 Å². The predicted molar refractivity (Wildman–Crippen MR) is 85.3 cm³/mol. The molecule has 1 aliphatic rings. The molecule has 0 heterocycles. The predicted octanol–water partition coefficient (Wildman–Crippen LogP) is 3.38. The van der Waals surface area contributed by atoms with Gasteiger partial charge in [-0.25, -0.2) is 0 Å². The average Bonchev–Trinajstić information content (AvgIpc) is 2.23. The van der Waals surface area contributed by atoms with Crippen molar-refractivity contribution in [2.75, 3.05) is 0 Å². The molecule has 5 heteroatoms. The summed E-state index contributed by atoms with van der Waals surface area (Å²) in [6.07, 6.45) is 1.79. The Labute approximate surface area is 133 Å². The zero-order valence-electron chi connectivity index (χ0n) is 13.9. The highest BCUT2D eigenvalue weighted by molar-refractivity contribution is 7.80. The molecular weight excluding hydrogens is 288 g/mol. The highest BCUT2D eigenvalue weighted by atomic mass is 32.1. The van der Waals surface area contributed by atoms with Crippen molar-refractivity contribution in [3.63, 3.8) is 0 Å². The molecule has 0 saturated heterocycles. The maximum atomic E-state index is 12.2. The first-order valence-corrected chi connectivity index (χ1v) is 8.03. The summed E-state index contributed by atoms with van der Waals surface area (Å²) in [5.74, 6) is -1.04. The number of hydrogen-bond acceptors (Lipinski definition) is 5. The number of ether oxygens (including phenoxy) is 2. The summed E-state index contributed by atoms with van der Waals surface area (Å²) in [6.45, 7) is 11.1. The average molecular weight is 316 g/mol. The van der Waals surface area contributed by atoms with E-state index in [0.717, 1.165) is 0 Å². The summed E-state index contributed by atoms with van der Waals surface area (Å²) < 4.78 is 10.9. The van der Waals surface area contributed by atoms with E-state index in [0.29, 0.717) is 19.3 Å². The Morgan fingerprint density at radius 3 is 1.43 bits per heavy atom. The van der Waals surface area contributed by atoms with Crippen LogP contribution >= 0.6 is 12.6 Å². The summed E-state index contributed by atoms with van der Waals surface area (Å²) >= 11 is 4.48. The minimum absolute atomic E-state index is 0.0220. The van der Waals surface area contributed by atoms with Crippen LogP contribution < -0.4 is 0 Å². The first-order chi connectivity index (χ1) is 9.37. The van der Waals surface area contributed by atoms with Gasteiger partial charge in [-0.3, -0.25) is 9.59 Å². The molecule has 0 aromatic rings. The van der Waals surface area contributed by atoms with Gasteiger partial charge < -0.3 is 9.47 Å². The third-order valence-corrected chi connectivity index (χ3v) is 3.58. The van der Waals surface area contributed by atoms with E-state index in [4.69, 9.17) is 9.47 Å². The van der Waals surface area contributed by atoms with E-state index in [9.17, 15) is 9.59 Å². The van der Waals surface area contributed by atoms with Gasteiger partial charge in [0.05, 0.1) is 11.8 Å². The Morgan fingerprint density at radius 1 is 0.810 bits per heavy atom. The highest BCUT2D eigenvalue weighted by Gasteiger charge is 2.38. The van der Waals surface area contributed by atoms with Gasteiger partial charge in [-0.1, -0.05) is 0 Å². The molecule has 0 bridgehead atoms. The van der Waals surface area contributed by atoms with Crippen LogP contribution in [-0.4, -0.2) is 28.4 Å². The van der Waals surface area contributed by atoms with Gasteiger partial charge in [0, 0.05) is 5.25 Å². The number of thiol groups is 1. The number of carbonyl (C=O) groups is 2. The Morgan fingerprint density at radius 2 is 1.14 bits per heavy atom. The molecule has 0 spiro atoms. The van der Waals surface area contributed by atoms with Crippen molar-refractivity contribution in [1.29, 1.82) is 0 Å². The molecule has 1 aliphatic carbocycles. The number of esters is 2. The zero-order chi connectivity index (χ0) is 16.4. The number of hydrogen-bond donors (Lipinski definition) is 1. The lowest BCUT2D eigenvalue weighted by Gasteiger charge is -2.33. The number of rotatable bonds is 2. The maximum absolute atomic E-state index is 12.2. The largest absolute Gasteiger partial charge is 0.460 e. The van der Waals surface area contributed by atoms with Crippen molar-refractivity contribution in [2.45, 2.75) is 77.3 Å². The zero-order valence-corrected chi connectivity index (χ0v) is 14.8. The molecule has 1 fully saturated rings. The molecule has 122 valence electrons. The van der Waals surface area contributed by atoms with Gasteiger partial charge in [0.25, 0.3) is 0 Å². The molecule has 1 saturated carbocycles. The standard InChI is InChI=1S/C16H28O4S/c1-15(2,3)19-13(17)10-7-11(9-12(21)8-10)14(18)20-16(4,5)6/h10-12,21H,7-9H2,1-6H3. The van der Waals surface area contributed by atoms with Crippen LogP contribution in [0.15, 0.2) is 0 Å². The van der Waals surface area contributed by atoms with Gasteiger partial charge >= 0.3 is 11.9 Å². The second-order valence-electron chi connectivity index (χ2n) is 7.82. The van der Waals surface area contributed by atoms with Crippen molar-refractivity contribution < 1.29 is 19.1 Å². The lowest BCUT2D eigenvalue weighted by Crippen LogP contribution is -2.38. The minimum Gasteiger partial charge on any atom is -0.460 e. The Kier molecular flexibility index (Phi) is 5.76. The molecular formula is C16H28O4S. The second-order valence-corrected chi connectivity index (χ2v) is 8.55. The molecule has 0 N–H and O–H groups in total. The summed E-state index contributed by atoms with van der Waals surface area (Å²) in [5, 5.41) is 0.0220. The van der Waals surface area contributed by atoms with Crippen molar-refractivity contribution in [3.05, 3.63) is 0 Å². The topological polar surface area (TPSA) is 52.6 Å². The summed E-state index contributed by atoms with van der Waals surface area (Å²) in [6, 6.07) is 0. The van der Waals surface area contributed by atoms with Crippen molar-refractivity contribution in [1.82, 2.24) is 0 Å². The van der Waals surface area contributed by atoms with Crippen LogP contribution in [0.2, 0.25) is 0 Å². The first-order valence-electron chi connectivity index (χ1n) is 7.51. The number of carbonyl (C=O) groups excluding carboxylic acids is 2. The molecule has 21 heavy (non-hydrogen) atoms. The lowest BCUT2D eigenvalue weighted by atomic mass is 9.81. The SMILES string of the molecule is CC(C)(C)OC(=O)C1CC(S)CC(C(=O)OC(C)(C)C)C1. The third-order valence-electron chi connectivity index (χ3n) is 3.16. The van der Waals surface area contributed by atoms with E-state index in [1.165, 1.54) is 0 Å². The molecule has 2 unspecified atom stereocenters. The molecule has 0 aromatic heterocycles. The van der Waals surface area contributed by atoms with Crippen LogP contribution in [0.3, 0.4) is 0 Å². The fourth-order valence-corrected chi connectivity index (χ4v) is 2.95. The second kappa shape index (κ2) is 6.59. The van der Waals surface area contributed by atoms with Crippen LogP contribution in [0.1, 0.15) is 60.8 Å². The molecule has 2 atom stereocenters. The fourth-order valence-electron chi connectivity index (χ4n) is 2.44. The smallest absolute Gasteiger partial charge is 0.309 e. The summed E-state index contributed by atoms with van der Waals surface area (Å²) in [4.78, 5) is 24.4. The van der Waals surface area contributed by atoms with E-state index in [2.05, 4.69) is 12.6 Å². The van der Waals surface area contributed by atoms with Gasteiger partial charge in [0.1, 0.15) is 11.2 Å². The van der Waals surface area contributed by atoms with Gasteiger partial charge in [0.2, 0.25) is 0 Å². The third kappa shape index (κ3) is 6.72. The van der Waals surface area contributed by atoms with E-state index in [1.807, 2.05) is 41.5 Å². The molecule has 1 rings (SSSR count). The van der Waals surface area contributed by atoms with E-state index in [-0.39, 0.29) is 29.0 Å². The Hall–Kier alpha value is -0.710. The quantitative estimate of drug-likeness (QED) is 0.627. The first kappa shape index (κ1) is 18.3. The van der Waals surface area contributed by atoms with Crippen LogP contribution in [0.25, 0.3) is 0 Å². The summed E-state index contributed by atoms with van der Waals surface area (Å²) in [5.41, 5.74) is -1.02. The van der Waals surface area contributed by atoms with Crippen LogP contribution in [0.4, 0.5) is 0 Å². The van der Waals surface area contributed by atoms with Crippen LogP contribution in [0.5, 0.6) is 0 Å². The normalized spacial score (nSPS) is 27.1. The Bertz CT molecular complexity index is 356. The minimum atomic E-state index is -0.512. The Balaban J connectivity index is 2.70. The van der Waals surface area contributed by atoms with Crippen molar-refractivity contribution in [2.24, 2.45) is 11.8 Å². The van der Waals surface area contributed by atoms with Gasteiger partial charge in [-0.2, -0.15) is 12.6 Å². The van der Waals surface area contributed by atoms with E-state index >= 15 is 0 Å². The highest BCUT2D eigenvalue weighted by Crippen LogP contribution is 2.35. The van der Waals surface area contributed by atoms with E-state index < -0.39 is 11.2 Å². The van der Waals surface area contributed by atoms with Gasteiger partial charge in [-0.15, -0.1) is 0 Å².